The van der Waals surface area contributed by atoms with Crippen LogP contribution in [0.2, 0.25) is 0 Å². The average Bonchev–Trinajstić information content (AvgIpc) is 2.93. The molecule has 1 aliphatic carbocycles. The molecule has 0 aliphatic heterocycles. The lowest BCUT2D eigenvalue weighted by Crippen LogP contribution is -2.40. The lowest BCUT2D eigenvalue weighted by atomic mass is 9.83. The van der Waals surface area contributed by atoms with Gasteiger partial charge in [-0.3, -0.25) is 9.36 Å². The number of rotatable bonds is 10. The Hall–Kier alpha value is -2.42. The molecule has 0 saturated heterocycles. The maximum Gasteiger partial charge on any atom is 0.298 e. The van der Waals surface area contributed by atoms with Crippen LogP contribution in [0.25, 0.3) is 11.2 Å². The van der Waals surface area contributed by atoms with Crippen LogP contribution in [-0.2, 0) is 16.6 Å². The van der Waals surface area contributed by atoms with Crippen molar-refractivity contribution in [3.63, 3.8) is 0 Å². The highest BCUT2D eigenvalue weighted by molar-refractivity contribution is 5.73. The Bertz CT molecular complexity index is 835. The number of fused-ring (bicyclic) bond motifs is 1. The number of alkyl halides is 1. The quantitative estimate of drug-likeness (QED) is 0.650. The highest BCUT2D eigenvalue weighted by Gasteiger charge is 2.31. The van der Waals surface area contributed by atoms with Crippen molar-refractivity contribution in [2.45, 2.75) is 51.9 Å². The Balaban J connectivity index is 1.44. The second-order valence-corrected chi connectivity index (χ2v) is 7.74. The van der Waals surface area contributed by atoms with Gasteiger partial charge < -0.3 is 19.5 Å². The van der Waals surface area contributed by atoms with E-state index in [9.17, 15) is 9.18 Å². The molecule has 8 nitrogen and oxygen atoms in total. The minimum Gasteiger partial charge on any atom is -0.477 e. The van der Waals surface area contributed by atoms with Crippen LogP contribution < -0.4 is 14.8 Å². The molecule has 9 heteroatoms. The predicted molar refractivity (Wildman–Crippen MR) is 106 cm³/mol. The van der Waals surface area contributed by atoms with Crippen molar-refractivity contribution in [1.29, 1.82) is 0 Å². The Morgan fingerprint density at radius 2 is 2.03 bits per heavy atom. The van der Waals surface area contributed by atoms with Gasteiger partial charge in [0.25, 0.3) is 6.01 Å². The SMILES string of the molecule is CC(=O)N[C@@H](C)CO[C@H]1C[C@H](COc2ccc3nc(OC[C@H](C)F)n(C)c3n2)C1. The fraction of sp³-hybridized carbons (Fsp3) is 0.650. The van der Waals surface area contributed by atoms with E-state index in [2.05, 4.69) is 15.3 Å². The van der Waals surface area contributed by atoms with Crippen molar-refractivity contribution >= 4 is 17.1 Å². The van der Waals surface area contributed by atoms with Gasteiger partial charge in [0.1, 0.15) is 18.3 Å². The second-order valence-electron chi connectivity index (χ2n) is 7.74. The van der Waals surface area contributed by atoms with Crippen molar-refractivity contribution in [3.8, 4) is 11.9 Å². The fourth-order valence-corrected chi connectivity index (χ4v) is 3.24. The summed E-state index contributed by atoms with van der Waals surface area (Å²) in [4.78, 5) is 19.8. The molecule has 2 aromatic heterocycles. The Kier molecular flexibility index (Phi) is 6.89. The Morgan fingerprint density at radius 3 is 2.72 bits per heavy atom. The topological polar surface area (TPSA) is 87.5 Å². The third-order valence-electron chi connectivity index (χ3n) is 4.78. The van der Waals surface area contributed by atoms with Crippen LogP contribution >= 0.6 is 0 Å². The largest absolute Gasteiger partial charge is 0.477 e. The highest BCUT2D eigenvalue weighted by Crippen LogP contribution is 2.31. The van der Waals surface area contributed by atoms with Crippen LogP contribution in [0.4, 0.5) is 4.39 Å². The summed E-state index contributed by atoms with van der Waals surface area (Å²) < 4.78 is 31.7. The van der Waals surface area contributed by atoms with E-state index in [1.54, 1.807) is 17.7 Å². The van der Waals surface area contributed by atoms with Crippen molar-refractivity contribution in [1.82, 2.24) is 19.9 Å². The molecular formula is C20H29FN4O4. The number of hydrogen-bond donors (Lipinski definition) is 1. The van der Waals surface area contributed by atoms with E-state index in [0.717, 1.165) is 12.8 Å². The number of aromatic nitrogens is 3. The van der Waals surface area contributed by atoms with Crippen molar-refractivity contribution in [2.75, 3.05) is 19.8 Å². The van der Waals surface area contributed by atoms with E-state index in [-0.39, 0.29) is 24.7 Å². The van der Waals surface area contributed by atoms with Gasteiger partial charge in [-0.15, -0.1) is 0 Å². The normalized spacial score (nSPS) is 20.7. The zero-order chi connectivity index (χ0) is 21.0. The minimum atomic E-state index is -1.06. The van der Waals surface area contributed by atoms with Gasteiger partial charge in [-0.2, -0.15) is 9.97 Å². The van der Waals surface area contributed by atoms with Crippen molar-refractivity contribution in [3.05, 3.63) is 12.1 Å². The number of nitrogens with zero attached hydrogens (tertiary/aromatic N) is 3. The average molecular weight is 408 g/mol. The third-order valence-corrected chi connectivity index (χ3v) is 4.78. The maximum atomic E-state index is 13.0. The van der Waals surface area contributed by atoms with Crippen molar-refractivity contribution < 1.29 is 23.4 Å². The first-order chi connectivity index (χ1) is 13.8. The number of amides is 1. The van der Waals surface area contributed by atoms with Gasteiger partial charge in [-0.25, -0.2) is 4.39 Å². The van der Waals surface area contributed by atoms with Crippen LogP contribution in [0.15, 0.2) is 12.1 Å². The molecule has 2 atom stereocenters. The number of halogens is 1. The number of carbonyl (C=O) groups is 1. The van der Waals surface area contributed by atoms with Gasteiger partial charge in [0.2, 0.25) is 11.8 Å². The van der Waals surface area contributed by atoms with Crippen LogP contribution in [0.1, 0.15) is 33.6 Å². The monoisotopic (exact) mass is 408 g/mol. The van der Waals surface area contributed by atoms with Gasteiger partial charge >= 0.3 is 0 Å². The number of pyridine rings is 1. The summed E-state index contributed by atoms with van der Waals surface area (Å²) in [5.74, 6) is 0.897. The first-order valence-corrected chi connectivity index (χ1v) is 9.93. The minimum absolute atomic E-state index is 0.0135. The Labute approximate surface area is 169 Å². The van der Waals surface area contributed by atoms with Gasteiger partial charge in [-0.1, -0.05) is 0 Å². The van der Waals surface area contributed by atoms with Crippen LogP contribution in [0.5, 0.6) is 11.9 Å². The number of carbonyl (C=O) groups excluding carboxylic acids is 1. The molecular weight excluding hydrogens is 379 g/mol. The van der Waals surface area contributed by atoms with E-state index in [1.807, 2.05) is 13.0 Å². The van der Waals surface area contributed by atoms with Gasteiger partial charge in [-0.05, 0) is 38.7 Å². The van der Waals surface area contributed by atoms with E-state index in [4.69, 9.17) is 14.2 Å². The summed E-state index contributed by atoms with van der Waals surface area (Å²) in [6.45, 7) is 5.90. The standard InChI is InChI=1S/C20H29FN4O4/c1-12(21)9-29-20-23-17-5-6-18(24-19(17)25(20)4)28-11-15-7-16(8-15)27-10-13(2)22-14(3)26/h5-6,12-13,15-16H,7-11H2,1-4H3,(H,22,26)/t12-,13-,15-,16-/m0/s1. The zero-order valence-electron chi connectivity index (χ0n) is 17.4. The fourth-order valence-electron chi connectivity index (χ4n) is 3.24. The van der Waals surface area contributed by atoms with Crippen LogP contribution in [0.3, 0.4) is 0 Å². The number of hydrogen-bond acceptors (Lipinski definition) is 6. The summed E-state index contributed by atoms with van der Waals surface area (Å²) in [6, 6.07) is 3.94. The number of ether oxygens (including phenoxy) is 3. The number of aryl methyl sites for hydroxylation is 1. The molecule has 0 bridgehead atoms. The summed E-state index contributed by atoms with van der Waals surface area (Å²) in [5.41, 5.74) is 1.30. The molecule has 2 heterocycles. The van der Waals surface area contributed by atoms with Gasteiger partial charge in [0.15, 0.2) is 5.65 Å². The zero-order valence-corrected chi connectivity index (χ0v) is 17.4. The molecule has 1 aliphatic rings. The molecule has 29 heavy (non-hydrogen) atoms. The summed E-state index contributed by atoms with van der Waals surface area (Å²) >= 11 is 0. The lowest BCUT2D eigenvalue weighted by molar-refractivity contribution is -0.120. The third kappa shape index (κ3) is 5.79. The molecule has 0 spiro atoms. The maximum absolute atomic E-state index is 13.0. The van der Waals surface area contributed by atoms with E-state index >= 15 is 0 Å². The van der Waals surface area contributed by atoms with Gasteiger partial charge in [0, 0.05) is 26.1 Å². The molecule has 1 fully saturated rings. The molecule has 2 aromatic rings. The predicted octanol–water partition coefficient (Wildman–Crippen LogP) is 2.40. The summed E-state index contributed by atoms with van der Waals surface area (Å²) in [6.07, 6.45) is 1.01. The number of nitrogens with one attached hydrogen (secondary N) is 1. The van der Waals surface area contributed by atoms with E-state index in [1.165, 1.54) is 13.8 Å². The first-order valence-electron chi connectivity index (χ1n) is 9.93. The Morgan fingerprint density at radius 1 is 1.28 bits per heavy atom. The summed E-state index contributed by atoms with van der Waals surface area (Å²) in [7, 11) is 1.78. The lowest BCUT2D eigenvalue weighted by Gasteiger charge is -2.35. The van der Waals surface area contributed by atoms with E-state index < -0.39 is 6.17 Å². The molecule has 1 N–H and O–H groups in total. The molecule has 0 aromatic carbocycles. The van der Waals surface area contributed by atoms with E-state index in [0.29, 0.717) is 42.2 Å². The smallest absolute Gasteiger partial charge is 0.298 e. The molecule has 3 rings (SSSR count). The highest BCUT2D eigenvalue weighted by atomic mass is 19.1. The molecule has 0 unspecified atom stereocenters. The van der Waals surface area contributed by atoms with Crippen molar-refractivity contribution in [2.24, 2.45) is 13.0 Å². The second kappa shape index (κ2) is 9.39. The van der Waals surface area contributed by atoms with Crippen LogP contribution in [-0.4, -0.2) is 58.6 Å². The van der Waals surface area contributed by atoms with Gasteiger partial charge in [0.05, 0.1) is 19.3 Å². The molecule has 1 amide bonds. The molecule has 1 saturated carbocycles. The first kappa shape index (κ1) is 21.3. The summed E-state index contributed by atoms with van der Waals surface area (Å²) in [5, 5.41) is 2.81. The van der Waals surface area contributed by atoms with Crippen LogP contribution in [0, 0.1) is 5.92 Å². The molecule has 160 valence electrons. The number of imidazole rings is 1. The molecule has 0 radical (unpaired) electrons.